The normalized spacial score (nSPS) is 13.9. The number of anilines is 1. The van der Waals surface area contributed by atoms with Crippen LogP contribution in [-0.2, 0) is 11.3 Å². The third kappa shape index (κ3) is 2.88. The van der Waals surface area contributed by atoms with E-state index in [0.717, 1.165) is 23.4 Å². The number of hydrogen-bond acceptors (Lipinski definition) is 5. The molecule has 0 radical (unpaired) electrons. The average molecular weight is 376 g/mol. The molecule has 0 bridgehead atoms. The average Bonchev–Trinajstić information content (AvgIpc) is 3.45. The van der Waals surface area contributed by atoms with Gasteiger partial charge in [0.05, 0.1) is 10.8 Å². The number of hydrogen-bond donors (Lipinski definition) is 2. The number of H-pyrrole nitrogens is 1. The first kappa shape index (κ1) is 16.5. The number of aromatic nitrogens is 3. The molecule has 0 aliphatic heterocycles. The number of rotatable bonds is 4. The standard InChI is InChI=1S/C20H16N4O4/c25-17(10-24-20(27)14-4-2-1-3-13(14)18(26)23-24)21-12-7-8-16-15(9-12)22-19(28-16)11-5-6-11/h1-4,7-9,11H,5-6,10H2,(H,21,25)(H,23,26). The maximum absolute atomic E-state index is 12.5. The van der Waals surface area contributed by atoms with Gasteiger partial charge in [-0.1, -0.05) is 12.1 Å². The second-order valence-corrected chi connectivity index (χ2v) is 6.93. The van der Waals surface area contributed by atoms with Gasteiger partial charge < -0.3 is 9.73 Å². The second-order valence-electron chi connectivity index (χ2n) is 6.93. The molecule has 2 aromatic carbocycles. The lowest BCUT2D eigenvalue weighted by Crippen LogP contribution is -2.34. The van der Waals surface area contributed by atoms with Gasteiger partial charge in [-0.05, 0) is 43.2 Å². The molecule has 2 heterocycles. The summed E-state index contributed by atoms with van der Waals surface area (Å²) in [5.41, 5.74) is 1.06. The summed E-state index contributed by atoms with van der Waals surface area (Å²) in [5, 5.41) is 5.75. The smallest absolute Gasteiger partial charge is 0.273 e. The third-order valence-electron chi connectivity index (χ3n) is 4.80. The van der Waals surface area contributed by atoms with E-state index in [4.69, 9.17) is 4.42 Å². The van der Waals surface area contributed by atoms with Crippen LogP contribution in [0.5, 0.6) is 0 Å². The van der Waals surface area contributed by atoms with Crippen molar-refractivity contribution in [1.29, 1.82) is 0 Å². The molecule has 0 unspecified atom stereocenters. The largest absolute Gasteiger partial charge is 0.440 e. The summed E-state index contributed by atoms with van der Waals surface area (Å²) in [6.45, 7) is -0.302. The van der Waals surface area contributed by atoms with Crippen LogP contribution in [0, 0.1) is 0 Å². The summed E-state index contributed by atoms with van der Waals surface area (Å²) in [5.74, 6) is 0.708. The van der Waals surface area contributed by atoms with E-state index in [2.05, 4.69) is 15.4 Å². The number of carbonyl (C=O) groups excluding carboxylic acids is 1. The lowest BCUT2D eigenvalue weighted by atomic mass is 10.2. The highest BCUT2D eigenvalue weighted by Gasteiger charge is 2.28. The first-order valence-corrected chi connectivity index (χ1v) is 9.01. The molecule has 8 heteroatoms. The number of aromatic amines is 1. The van der Waals surface area contributed by atoms with E-state index in [1.807, 2.05) is 0 Å². The fourth-order valence-electron chi connectivity index (χ4n) is 3.23. The SMILES string of the molecule is O=C(Cn1[nH]c(=O)c2ccccc2c1=O)Nc1ccc2oc(C3CC3)nc2c1. The van der Waals surface area contributed by atoms with Crippen molar-refractivity contribution in [3.05, 3.63) is 69.1 Å². The zero-order valence-electron chi connectivity index (χ0n) is 14.8. The highest BCUT2D eigenvalue weighted by molar-refractivity contribution is 5.92. The highest BCUT2D eigenvalue weighted by Crippen LogP contribution is 2.40. The first-order valence-electron chi connectivity index (χ1n) is 9.01. The van der Waals surface area contributed by atoms with Gasteiger partial charge in [0, 0.05) is 11.6 Å². The molecule has 2 N–H and O–H groups in total. The zero-order valence-corrected chi connectivity index (χ0v) is 14.8. The van der Waals surface area contributed by atoms with Crippen molar-refractivity contribution in [2.75, 3.05) is 5.32 Å². The molecule has 0 spiro atoms. The highest BCUT2D eigenvalue weighted by atomic mass is 16.3. The van der Waals surface area contributed by atoms with Crippen LogP contribution in [-0.4, -0.2) is 20.7 Å². The number of fused-ring (bicyclic) bond motifs is 2. The van der Waals surface area contributed by atoms with Crippen LogP contribution >= 0.6 is 0 Å². The molecule has 0 atom stereocenters. The summed E-state index contributed by atoms with van der Waals surface area (Å²) < 4.78 is 6.72. The number of amides is 1. The van der Waals surface area contributed by atoms with Gasteiger partial charge in [0.25, 0.3) is 11.1 Å². The van der Waals surface area contributed by atoms with Crippen molar-refractivity contribution in [1.82, 2.24) is 14.8 Å². The third-order valence-corrected chi connectivity index (χ3v) is 4.80. The molecule has 1 amide bonds. The predicted molar refractivity (Wildman–Crippen MR) is 103 cm³/mol. The van der Waals surface area contributed by atoms with Crippen molar-refractivity contribution in [3.8, 4) is 0 Å². The molecule has 140 valence electrons. The molecule has 5 rings (SSSR count). The Morgan fingerprint density at radius 2 is 1.96 bits per heavy atom. The molecule has 1 fully saturated rings. The van der Waals surface area contributed by atoms with Crippen LogP contribution in [0.4, 0.5) is 5.69 Å². The molecule has 2 aromatic heterocycles. The molecule has 28 heavy (non-hydrogen) atoms. The number of oxazole rings is 1. The topological polar surface area (TPSA) is 110 Å². The van der Waals surface area contributed by atoms with Gasteiger partial charge in [0.2, 0.25) is 5.91 Å². The van der Waals surface area contributed by atoms with Crippen LogP contribution in [0.2, 0.25) is 0 Å². The Morgan fingerprint density at radius 1 is 1.18 bits per heavy atom. The minimum Gasteiger partial charge on any atom is -0.440 e. The molecule has 8 nitrogen and oxygen atoms in total. The fourth-order valence-corrected chi connectivity index (χ4v) is 3.23. The minimum atomic E-state index is -0.432. The number of benzene rings is 2. The summed E-state index contributed by atoms with van der Waals surface area (Å²) in [7, 11) is 0. The van der Waals surface area contributed by atoms with Gasteiger partial charge in [-0.25, -0.2) is 9.67 Å². The Labute approximate surface area is 157 Å². The lowest BCUT2D eigenvalue weighted by Gasteiger charge is -2.08. The number of nitrogens with one attached hydrogen (secondary N) is 2. The zero-order chi connectivity index (χ0) is 19.3. The van der Waals surface area contributed by atoms with E-state index in [0.29, 0.717) is 28.1 Å². The summed E-state index contributed by atoms with van der Waals surface area (Å²) in [4.78, 5) is 41.5. The van der Waals surface area contributed by atoms with Crippen molar-refractivity contribution in [3.63, 3.8) is 0 Å². The molecule has 1 saturated carbocycles. The Hall–Kier alpha value is -3.68. The Morgan fingerprint density at radius 3 is 2.75 bits per heavy atom. The number of carbonyl (C=O) groups is 1. The second kappa shape index (κ2) is 6.19. The van der Waals surface area contributed by atoms with Crippen LogP contribution in [0.15, 0.2) is 56.5 Å². The van der Waals surface area contributed by atoms with E-state index in [1.165, 1.54) is 0 Å². The molecule has 1 aliphatic rings. The van der Waals surface area contributed by atoms with Crippen LogP contribution in [0.3, 0.4) is 0 Å². The van der Waals surface area contributed by atoms with Gasteiger partial charge in [0.15, 0.2) is 11.5 Å². The van der Waals surface area contributed by atoms with Gasteiger partial charge >= 0.3 is 0 Å². The molecular formula is C20H16N4O4. The fraction of sp³-hybridized carbons (Fsp3) is 0.200. The van der Waals surface area contributed by atoms with E-state index in [-0.39, 0.29) is 11.9 Å². The summed E-state index contributed by atoms with van der Waals surface area (Å²) >= 11 is 0. The van der Waals surface area contributed by atoms with Crippen molar-refractivity contribution >= 4 is 33.5 Å². The lowest BCUT2D eigenvalue weighted by molar-refractivity contribution is -0.117. The monoisotopic (exact) mass is 376 g/mol. The van der Waals surface area contributed by atoms with Crippen molar-refractivity contribution in [2.45, 2.75) is 25.3 Å². The Balaban J connectivity index is 1.39. The van der Waals surface area contributed by atoms with E-state index in [1.54, 1.807) is 42.5 Å². The van der Waals surface area contributed by atoms with Crippen molar-refractivity contribution in [2.24, 2.45) is 0 Å². The predicted octanol–water partition coefficient (Wildman–Crippen LogP) is 2.35. The molecular weight excluding hydrogens is 360 g/mol. The molecule has 4 aromatic rings. The minimum absolute atomic E-state index is 0.274. The van der Waals surface area contributed by atoms with E-state index in [9.17, 15) is 14.4 Å². The maximum atomic E-state index is 12.5. The van der Waals surface area contributed by atoms with Gasteiger partial charge in [-0.15, -0.1) is 0 Å². The number of nitrogens with zero attached hydrogens (tertiary/aromatic N) is 2. The van der Waals surface area contributed by atoms with Gasteiger partial charge in [-0.3, -0.25) is 19.5 Å². The Bertz CT molecular complexity index is 1340. The summed E-state index contributed by atoms with van der Waals surface area (Å²) in [6, 6.07) is 11.7. The maximum Gasteiger partial charge on any atom is 0.273 e. The van der Waals surface area contributed by atoms with E-state index >= 15 is 0 Å². The quantitative estimate of drug-likeness (QED) is 0.568. The van der Waals surface area contributed by atoms with Crippen LogP contribution < -0.4 is 16.4 Å². The van der Waals surface area contributed by atoms with Crippen LogP contribution in [0.25, 0.3) is 21.9 Å². The van der Waals surface area contributed by atoms with Gasteiger partial charge in [0.1, 0.15) is 12.1 Å². The molecule has 0 saturated heterocycles. The summed E-state index contributed by atoms with van der Waals surface area (Å²) in [6.07, 6.45) is 2.18. The van der Waals surface area contributed by atoms with Gasteiger partial charge in [-0.2, -0.15) is 0 Å². The van der Waals surface area contributed by atoms with Crippen molar-refractivity contribution < 1.29 is 9.21 Å². The van der Waals surface area contributed by atoms with E-state index < -0.39 is 17.0 Å². The van der Waals surface area contributed by atoms with Crippen LogP contribution in [0.1, 0.15) is 24.7 Å². The molecule has 1 aliphatic carbocycles. The first-order chi connectivity index (χ1) is 13.6. The Kier molecular flexibility index (Phi) is 3.65.